The lowest BCUT2D eigenvalue weighted by Crippen LogP contribution is -2.17. The molecule has 5 rings (SSSR count). The monoisotopic (exact) mass is 367 g/mol. The zero-order valence-corrected chi connectivity index (χ0v) is 15.3. The van der Waals surface area contributed by atoms with Gasteiger partial charge in [0, 0.05) is 24.4 Å². The van der Waals surface area contributed by atoms with Crippen molar-refractivity contribution in [3.63, 3.8) is 0 Å². The molecule has 1 aliphatic heterocycles. The third-order valence-corrected chi connectivity index (χ3v) is 5.79. The molecule has 1 N–H and O–H groups in total. The molecule has 1 aromatic carbocycles. The highest BCUT2D eigenvalue weighted by Crippen LogP contribution is 2.40. The molecule has 0 amide bonds. The summed E-state index contributed by atoms with van der Waals surface area (Å²) >= 11 is 0. The van der Waals surface area contributed by atoms with Gasteiger partial charge in [-0.2, -0.15) is 0 Å². The number of hydrogen-bond acceptors (Lipinski definition) is 5. The predicted molar refractivity (Wildman–Crippen MR) is 97.1 cm³/mol. The number of hydrogen-bond donors (Lipinski definition) is 1. The van der Waals surface area contributed by atoms with Gasteiger partial charge < -0.3 is 9.84 Å². The van der Waals surface area contributed by atoms with Crippen molar-refractivity contribution in [3.8, 4) is 5.69 Å². The summed E-state index contributed by atoms with van der Waals surface area (Å²) in [4.78, 5) is 0. The van der Waals surface area contributed by atoms with Crippen LogP contribution >= 0.6 is 0 Å². The third-order valence-electron chi connectivity index (χ3n) is 5.79. The predicted octanol–water partition coefficient (Wildman–Crippen LogP) is 3.75. The number of nitrogens with zero attached hydrogens (tertiary/aromatic N) is 4. The Morgan fingerprint density at radius 2 is 1.89 bits per heavy atom. The lowest BCUT2D eigenvalue weighted by Gasteiger charge is -2.27. The van der Waals surface area contributed by atoms with Gasteiger partial charge >= 0.3 is 0 Å². The van der Waals surface area contributed by atoms with Crippen molar-refractivity contribution in [2.45, 2.75) is 57.5 Å². The zero-order valence-electron chi connectivity index (χ0n) is 15.3. The van der Waals surface area contributed by atoms with Crippen molar-refractivity contribution >= 4 is 0 Å². The Hall–Kier alpha value is -2.54. The van der Waals surface area contributed by atoms with E-state index in [1.54, 1.807) is 6.07 Å². The fourth-order valence-electron chi connectivity index (χ4n) is 4.42. The van der Waals surface area contributed by atoms with Crippen molar-refractivity contribution in [3.05, 3.63) is 58.7 Å². The molecule has 0 bridgehead atoms. The largest absolute Gasteiger partial charge is 0.361 e. The summed E-state index contributed by atoms with van der Waals surface area (Å²) in [6.45, 7) is 3.20. The number of benzene rings is 1. The van der Waals surface area contributed by atoms with Crippen LogP contribution in [0.1, 0.15) is 66.2 Å². The van der Waals surface area contributed by atoms with Crippen molar-refractivity contribution in [1.29, 1.82) is 0 Å². The fraction of sp³-hybridized carbons (Fsp3) is 0.450. The first-order valence-corrected chi connectivity index (χ1v) is 9.56. The van der Waals surface area contributed by atoms with E-state index < -0.39 is 0 Å². The number of halogens is 1. The van der Waals surface area contributed by atoms with Gasteiger partial charge in [0.1, 0.15) is 17.4 Å². The molecule has 0 unspecified atom stereocenters. The second-order valence-electron chi connectivity index (χ2n) is 7.60. The minimum absolute atomic E-state index is 0.211. The average molecular weight is 367 g/mol. The van der Waals surface area contributed by atoms with Gasteiger partial charge in [0.05, 0.1) is 17.9 Å². The van der Waals surface area contributed by atoms with E-state index >= 15 is 0 Å². The third kappa shape index (κ3) is 2.96. The maximum Gasteiger partial charge on any atom is 0.151 e. The standard InChI is InChI=1S/C20H22FN5O/c1-12-8-17(25-27-12)13-2-4-14(5-3-13)20-24-23-19-11-22-10-15-9-16(21)6-7-18(15)26(19)20/h6-9,13-14,22H,2-5,10-11H2,1H3. The summed E-state index contributed by atoms with van der Waals surface area (Å²) in [7, 11) is 0. The van der Waals surface area contributed by atoms with E-state index in [1.165, 1.54) is 6.07 Å². The van der Waals surface area contributed by atoms with E-state index in [4.69, 9.17) is 4.52 Å². The lowest BCUT2D eigenvalue weighted by atomic mass is 9.80. The molecule has 6 nitrogen and oxygen atoms in total. The second kappa shape index (κ2) is 6.56. The van der Waals surface area contributed by atoms with Crippen LogP contribution in [0.15, 0.2) is 28.8 Å². The topological polar surface area (TPSA) is 68.8 Å². The first-order valence-electron chi connectivity index (χ1n) is 9.56. The summed E-state index contributed by atoms with van der Waals surface area (Å²) in [6, 6.07) is 7.01. The van der Waals surface area contributed by atoms with Gasteiger partial charge in [-0.05, 0) is 56.4 Å². The first-order chi connectivity index (χ1) is 13.2. The van der Waals surface area contributed by atoms with Crippen LogP contribution in [0.2, 0.25) is 0 Å². The Morgan fingerprint density at radius 1 is 1.07 bits per heavy atom. The van der Waals surface area contributed by atoms with Crippen LogP contribution in [-0.2, 0) is 13.1 Å². The first kappa shape index (κ1) is 16.6. The van der Waals surface area contributed by atoms with Crippen LogP contribution in [-0.4, -0.2) is 19.9 Å². The molecule has 0 atom stereocenters. The molecule has 1 fully saturated rings. The minimum atomic E-state index is -0.211. The molecule has 140 valence electrons. The van der Waals surface area contributed by atoms with E-state index in [9.17, 15) is 4.39 Å². The van der Waals surface area contributed by atoms with Crippen LogP contribution in [0.25, 0.3) is 5.69 Å². The molecule has 0 saturated heterocycles. The van der Waals surface area contributed by atoms with Gasteiger partial charge in [-0.15, -0.1) is 10.2 Å². The summed E-state index contributed by atoms with van der Waals surface area (Å²) < 4.78 is 21.1. The summed E-state index contributed by atoms with van der Waals surface area (Å²) in [5.41, 5.74) is 3.00. The average Bonchev–Trinajstić information content (AvgIpc) is 3.25. The summed E-state index contributed by atoms with van der Waals surface area (Å²) in [5.74, 6) is 3.35. The van der Waals surface area contributed by atoms with E-state index in [0.29, 0.717) is 24.9 Å². The van der Waals surface area contributed by atoms with Crippen molar-refractivity contribution < 1.29 is 8.91 Å². The molecular formula is C20H22FN5O. The van der Waals surface area contributed by atoms with E-state index in [2.05, 4.69) is 25.2 Å². The van der Waals surface area contributed by atoms with Crippen LogP contribution in [0.4, 0.5) is 4.39 Å². The van der Waals surface area contributed by atoms with Gasteiger partial charge in [-0.25, -0.2) is 4.39 Å². The van der Waals surface area contributed by atoms with Crippen LogP contribution in [0.3, 0.4) is 0 Å². The Labute approximate surface area is 156 Å². The number of rotatable bonds is 2. The molecule has 2 aromatic heterocycles. The molecule has 0 radical (unpaired) electrons. The Balaban J connectivity index is 1.43. The van der Waals surface area contributed by atoms with Crippen LogP contribution in [0.5, 0.6) is 0 Å². The smallest absolute Gasteiger partial charge is 0.151 e. The highest BCUT2D eigenvalue weighted by atomic mass is 19.1. The normalized spacial score (nSPS) is 22.1. The number of aromatic nitrogens is 4. The fourth-order valence-corrected chi connectivity index (χ4v) is 4.42. The van der Waals surface area contributed by atoms with E-state index in [0.717, 1.165) is 60.0 Å². The quantitative estimate of drug-likeness (QED) is 0.747. The van der Waals surface area contributed by atoms with Gasteiger partial charge in [0.25, 0.3) is 0 Å². The van der Waals surface area contributed by atoms with Gasteiger partial charge in [0.15, 0.2) is 5.82 Å². The molecule has 27 heavy (non-hydrogen) atoms. The number of fused-ring (bicyclic) bond motifs is 3. The molecule has 1 saturated carbocycles. The Kier molecular flexibility index (Phi) is 4.04. The zero-order chi connectivity index (χ0) is 18.4. The second-order valence-corrected chi connectivity index (χ2v) is 7.60. The number of aryl methyl sites for hydroxylation is 1. The SMILES string of the molecule is Cc1cc(C2CCC(c3nnc4n3-c3ccc(F)cc3CNC4)CC2)no1. The molecule has 3 aromatic rings. The molecule has 0 spiro atoms. The molecular weight excluding hydrogens is 345 g/mol. The molecule has 7 heteroatoms. The molecule has 1 aliphatic carbocycles. The van der Waals surface area contributed by atoms with Crippen LogP contribution in [0, 0.1) is 12.7 Å². The van der Waals surface area contributed by atoms with Crippen molar-refractivity contribution in [2.75, 3.05) is 0 Å². The molecule has 3 heterocycles. The van der Waals surface area contributed by atoms with E-state index in [-0.39, 0.29) is 5.82 Å². The maximum atomic E-state index is 13.7. The Morgan fingerprint density at radius 3 is 2.67 bits per heavy atom. The minimum Gasteiger partial charge on any atom is -0.361 e. The van der Waals surface area contributed by atoms with Gasteiger partial charge in [0.2, 0.25) is 0 Å². The summed E-state index contributed by atoms with van der Waals surface area (Å²) in [5, 5.41) is 16.5. The van der Waals surface area contributed by atoms with Crippen molar-refractivity contribution in [1.82, 2.24) is 25.2 Å². The number of nitrogens with one attached hydrogen (secondary N) is 1. The summed E-state index contributed by atoms with van der Waals surface area (Å²) in [6.07, 6.45) is 4.21. The van der Waals surface area contributed by atoms with Crippen molar-refractivity contribution in [2.24, 2.45) is 0 Å². The lowest BCUT2D eigenvalue weighted by molar-refractivity contribution is 0.347. The molecule has 2 aliphatic rings. The van der Waals surface area contributed by atoms with E-state index in [1.807, 2.05) is 19.1 Å². The van der Waals surface area contributed by atoms with Gasteiger partial charge in [-0.1, -0.05) is 5.16 Å². The Bertz CT molecular complexity index is 971. The maximum absolute atomic E-state index is 13.7. The van der Waals surface area contributed by atoms with Crippen LogP contribution < -0.4 is 5.32 Å². The highest BCUT2D eigenvalue weighted by molar-refractivity contribution is 5.44. The van der Waals surface area contributed by atoms with Gasteiger partial charge in [-0.3, -0.25) is 4.57 Å². The highest BCUT2D eigenvalue weighted by Gasteiger charge is 2.30.